The van der Waals surface area contributed by atoms with Crippen LogP contribution in [0.4, 0.5) is 5.69 Å². The first-order valence-corrected chi connectivity index (χ1v) is 6.10. The Hall–Kier alpha value is -1.32. The van der Waals surface area contributed by atoms with Gasteiger partial charge in [0.2, 0.25) is 0 Å². The average Bonchev–Trinajstić information content (AvgIpc) is 2.40. The van der Waals surface area contributed by atoms with Gasteiger partial charge in [0.25, 0.3) is 0 Å². The fourth-order valence-electron chi connectivity index (χ4n) is 2.23. The van der Waals surface area contributed by atoms with E-state index >= 15 is 0 Å². The van der Waals surface area contributed by atoms with Gasteiger partial charge in [-0.25, -0.2) is 4.98 Å². The maximum Gasteiger partial charge on any atom is 0.136 e. The van der Waals surface area contributed by atoms with Crippen molar-refractivity contribution in [3.8, 4) is 0 Å². The summed E-state index contributed by atoms with van der Waals surface area (Å²) in [5.41, 5.74) is 1.22. The Morgan fingerprint density at radius 2 is 1.94 bits per heavy atom. The van der Waals surface area contributed by atoms with E-state index in [9.17, 15) is 0 Å². The molecule has 0 radical (unpaired) electrons. The lowest BCUT2D eigenvalue weighted by molar-refractivity contribution is 0.123. The predicted molar refractivity (Wildman–Crippen MR) is 69.8 cm³/mol. The lowest BCUT2D eigenvalue weighted by atomic mass is 10.1. The minimum absolute atomic E-state index is 0.567. The molecule has 2 heterocycles. The standard InChI is InChI=1S/C13H13ClN2O/c14-13-11-2-1-3-12(10(11)4-5-15-13)16-6-8-17-9-7-16/h1-5H,6-9H2. The number of ether oxygens (including phenoxy) is 1. The van der Waals surface area contributed by atoms with Crippen molar-refractivity contribution in [2.75, 3.05) is 31.2 Å². The number of nitrogens with zero attached hydrogens (tertiary/aromatic N) is 2. The highest BCUT2D eigenvalue weighted by Crippen LogP contribution is 2.30. The van der Waals surface area contributed by atoms with Crippen LogP contribution in [0.1, 0.15) is 0 Å². The highest BCUT2D eigenvalue weighted by Gasteiger charge is 2.14. The van der Waals surface area contributed by atoms with Crippen LogP contribution in [0.25, 0.3) is 10.8 Å². The number of rotatable bonds is 1. The predicted octanol–water partition coefficient (Wildman–Crippen LogP) is 2.72. The molecule has 0 unspecified atom stereocenters. The molecule has 1 aliphatic rings. The first-order valence-electron chi connectivity index (χ1n) is 5.72. The van der Waals surface area contributed by atoms with E-state index in [1.807, 2.05) is 18.2 Å². The molecule has 0 N–H and O–H groups in total. The molecule has 2 aromatic rings. The Kier molecular flexibility index (Phi) is 2.87. The number of halogens is 1. The van der Waals surface area contributed by atoms with Crippen molar-refractivity contribution < 1.29 is 4.74 Å². The van der Waals surface area contributed by atoms with Crippen LogP contribution in [0.5, 0.6) is 0 Å². The number of anilines is 1. The molecule has 0 spiro atoms. The van der Waals surface area contributed by atoms with E-state index in [0.29, 0.717) is 5.15 Å². The second kappa shape index (κ2) is 4.51. The van der Waals surface area contributed by atoms with Gasteiger partial charge in [0.05, 0.1) is 13.2 Å². The van der Waals surface area contributed by atoms with E-state index in [2.05, 4.69) is 16.0 Å². The van der Waals surface area contributed by atoms with Gasteiger partial charge in [0.1, 0.15) is 5.15 Å². The molecule has 17 heavy (non-hydrogen) atoms. The molecule has 0 amide bonds. The number of pyridine rings is 1. The van der Waals surface area contributed by atoms with Crippen molar-refractivity contribution in [1.29, 1.82) is 0 Å². The zero-order valence-corrected chi connectivity index (χ0v) is 10.2. The maximum absolute atomic E-state index is 6.11. The zero-order valence-electron chi connectivity index (χ0n) is 9.40. The summed E-state index contributed by atoms with van der Waals surface area (Å²) < 4.78 is 5.38. The third kappa shape index (κ3) is 1.96. The second-order valence-corrected chi connectivity index (χ2v) is 4.43. The van der Waals surface area contributed by atoms with E-state index in [0.717, 1.165) is 37.1 Å². The number of hydrogen-bond acceptors (Lipinski definition) is 3. The summed E-state index contributed by atoms with van der Waals surface area (Å²) >= 11 is 6.11. The van der Waals surface area contributed by atoms with Gasteiger partial charge in [-0.05, 0) is 12.1 Å². The molecule has 3 nitrogen and oxygen atoms in total. The van der Waals surface area contributed by atoms with Gasteiger partial charge < -0.3 is 9.64 Å². The summed E-state index contributed by atoms with van der Waals surface area (Å²) in [6.07, 6.45) is 1.76. The minimum atomic E-state index is 0.567. The van der Waals surface area contributed by atoms with Crippen LogP contribution in [0.15, 0.2) is 30.5 Å². The summed E-state index contributed by atoms with van der Waals surface area (Å²) in [7, 11) is 0. The first kappa shape index (κ1) is 10.8. The number of fused-ring (bicyclic) bond motifs is 1. The maximum atomic E-state index is 6.11. The van der Waals surface area contributed by atoms with Gasteiger partial charge in [0, 0.05) is 35.7 Å². The molecule has 1 aromatic carbocycles. The van der Waals surface area contributed by atoms with Crippen molar-refractivity contribution in [2.45, 2.75) is 0 Å². The van der Waals surface area contributed by atoms with Gasteiger partial charge >= 0.3 is 0 Å². The molecular formula is C13H13ClN2O. The summed E-state index contributed by atoms with van der Waals surface area (Å²) in [5.74, 6) is 0. The van der Waals surface area contributed by atoms with E-state index in [-0.39, 0.29) is 0 Å². The number of hydrogen-bond donors (Lipinski definition) is 0. The fraction of sp³-hybridized carbons (Fsp3) is 0.308. The van der Waals surface area contributed by atoms with E-state index < -0.39 is 0 Å². The van der Waals surface area contributed by atoms with Crippen LogP contribution >= 0.6 is 11.6 Å². The highest BCUT2D eigenvalue weighted by atomic mass is 35.5. The quantitative estimate of drug-likeness (QED) is 0.726. The van der Waals surface area contributed by atoms with Crippen LogP contribution < -0.4 is 4.90 Å². The van der Waals surface area contributed by atoms with Crippen molar-refractivity contribution in [1.82, 2.24) is 4.98 Å². The molecule has 1 fully saturated rings. The third-order valence-corrected chi connectivity index (χ3v) is 3.39. The van der Waals surface area contributed by atoms with Gasteiger partial charge in [-0.2, -0.15) is 0 Å². The Labute approximate surface area is 105 Å². The largest absolute Gasteiger partial charge is 0.378 e. The molecule has 3 rings (SSSR count). The summed E-state index contributed by atoms with van der Waals surface area (Å²) in [6, 6.07) is 8.19. The second-order valence-electron chi connectivity index (χ2n) is 4.07. The van der Waals surface area contributed by atoms with Crippen molar-refractivity contribution in [2.24, 2.45) is 0 Å². The van der Waals surface area contributed by atoms with E-state index in [1.54, 1.807) is 6.20 Å². The number of aromatic nitrogens is 1. The lowest BCUT2D eigenvalue weighted by Crippen LogP contribution is -2.36. The molecule has 0 saturated carbocycles. The molecule has 4 heteroatoms. The van der Waals surface area contributed by atoms with Crippen LogP contribution in [-0.4, -0.2) is 31.3 Å². The fourth-order valence-corrected chi connectivity index (χ4v) is 2.46. The number of morpholine rings is 1. The van der Waals surface area contributed by atoms with Gasteiger partial charge in [-0.3, -0.25) is 0 Å². The normalized spacial score (nSPS) is 16.4. The van der Waals surface area contributed by atoms with E-state index in [1.165, 1.54) is 5.69 Å². The summed E-state index contributed by atoms with van der Waals surface area (Å²) in [4.78, 5) is 6.45. The lowest BCUT2D eigenvalue weighted by Gasteiger charge is -2.29. The smallest absolute Gasteiger partial charge is 0.136 e. The average molecular weight is 249 g/mol. The van der Waals surface area contributed by atoms with Crippen molar-refractivity contribution in [3.05, 3.63) is 35.6 Å². The summed E-state index contributed by atoms with van der Waals surface area (Å²) in [6.45, 7) is 3.43. The van der Waals surface area contributed by atoms with Crippen LogP contribution in [0.2, 0.25) is 5.15 Å². The van der Waals surface area contributed by atoms with Crippen molar-refractivity contribution >= 4 is 28.1 Å². The monoisotopic (exact) mass is 248 g/mol. The molecule has 1 saturated heterocycles. The highest BCUT2D eigenvalue weighted by molar-refractivity contribution is 6.34. The Bertz CT molecular complexity index is 538. The molecule has 1 aromatic heterocycles. The molecule has 0 bridgehead atoms. The summed E-state index contributed by atoms with van der Waals surface area (Å²) in [5, 5.41) is 2.74. The van der Waals surface area contributed by atoms with Gasteiger partial charge in [-0.1, -0.05) is 23.7 Å². The zero-order chi connectivity index (χ0) is 11.7. The van der Waals surface area contributed by atoms with Crippen molar-refractivity contribution in [3.63, 3.8) is 0 Å². The van der Waals surface area contributed by atoms with Crippen LogP contribution in [-0.2, 0) is 4.74 Å². The third-order valence-electron chi connectivity index (χ3n) is 3.09. The van der Waals surface area contributed by atoms with Crippen LogP contribution in [0, 0.1) is 0 Å². The number of benzene rings is 1. The SMILES string of the molecule is Clc1nccc2c(N3CCOCC3)cccc12. The van der Waals surface area contributed by atoms with E-state index in [4.69, 9.17) is 16.3 Å². The van der Waals surface area contributed by atoms with Gasteiger partial charge in [0.15, 0.2) is 0 Å². The molecular weight excluding hydrogens is 236 g/mol. The Morgan fingerprint density at radius 3 is 2.76 bits per heavy atom. The molecule has 0 atom stereocenters. The first-order chi connectivity index (χ1) is 8.36. The molecule has 0 aliphatic carbocycles. The molecule has 1 aliphatic heterocycles. The van der Waals surface area contributed by atoms with Gasteiger partial charge in [-0.15, -0.1) is 0 Å². The minimum Gasteiger partial charge on any atom is -0.378 e. The molecule has 88 valence electrons. The Morgan fingerprint density at radius 1 is 1.12 bits per heavy atom. The Balaban J connectivity index is 2.12. The van der Waals surface area contributed by atoms with Crippen LogP contribution in [0.3, 0.4) is 0 Å². The topological polar surface area (TPSA) is 25.4 Å².